The molecule has 0 aliphatic heterocycles. The van der Waals surface area contributed by atoms with Crippen molar-refractivity contribution >= 4 is 29.5 Å². The van der Waals surface area contributed by atoms with Gasteiger partial charge in [0.15, 0.2) is 0 Å². The highest BCUT2D eigenvalue weighted by atomic mass is 16.3. The van der Waals surface area contributed by atoms with E-state index in [-0.39, 0.29) is 42.9 Å². The van der Waals surface area contributed by atoms with Gasteiger partial charge in [-0.3, -0.25) is 28.9 Å². The zero-order chi connectivity index (χ0) is 44.2. The fraction of sp³-hybridized carbons (Fsp3) is 0.622. The third-order valence-electron chi connectivity index (χ3n) is 10.3. The van der Waals surface area contributed by atoms with Gasteiger partial charge in [-0.2, -0.15) is 0 Å². The van der Waals surface area contributed by atoms with Crippen LogP contribution in [0.25, 0.3) is 0 Å². The van der Waals surface area contributed by atoms with E-state index in [1.807, 2.05) is 60.5 Å². The molecule has 0 aromatic heterocycles. The minimum absolute atomic E-state index is 0.0332. The molecule has 5 amide bonds. The molecule has 57 heavy (non-hydrogen) atoms. The van der Waals surface area contributed by atoms with Crippen LogP contribution in [0.1, 0.15) is 87.5 Å². The Hall–Kier alpha value is -4.29. The first kappa shape index (κ1) is 52.7. The maximum absolute atomic E-state index is 14.6. The Kier molecular flexibility index (Phi) is 24.6. The van der Waals surface area contributed by atoms with Gasteiger partial charge in [-0.15, -0.1) is 0 Å². The van der Waals surface area contributed by atoms with Crippen LogP contribution in [0.15, 0.2) is 73.9 Å². The van der Waals surface area contributed by atoms with Crippen molar-refractivity contribution in [3.63, 3.8) is 0 Å². The Morgan fingerprint density at radius 3 is 1.70 bits per heavy atom. The van der Waals surface area contributed by atoms with E-state index in [1.165, 1.54) is 21.7 Å². The molecule has 0 fully saturated rings. The molecule has 7 unspecified atom stereocenters. The van der Waals surface area contributed by atoms with Gasteiger partial charge in [-0.25, -0.2) is 0 Å². The van der Waals surface area contributed by atoms with Crippen molar-refractivity contribution in [3.8, 4) is 0 Å². The zero-order valence-corrected chi connectivity index (χ0v) is 37.3. The van der Waals surface area contributed by atoms with E-state index in [2.05, 4.69) is 30.4 Å². The first-order chi connectivity index (χ1) is 26.6. The van der Waals surface area contributed by atoms with Crippen LogP contribution in [0.3, 0.4) is 0 Å². The van der Waals surface area contributed by atoms with E-state index in [1.54, 1.807) is 76.6 Å². The lowest BCUT2D eigenvalue weighted by Gasteiger charge is -2.38. The minimum atomic E-state index is -1.05. The largest absolute Gasteiger partial charge is 0.391 e. The Morgan fingerprint density at radius 1 is 0.667 bits per heavy atom. The molecular formula is C45H76N6O6. The van der Waals surface area contributed by atoms with Crippen LogP contribution in [0.4, 0.5) is 0 Å². The molecule has 0 heterocycles. The quantitative estimate of drug-likeness (QED) is 0.101. The lowest BCUT2D eigenvalue weighted by molar-refractivity contribution is -0.150. The number of allylic oxidation sites excluding steroid dienone is 7. The topological polar surface area (TPSA) is 143 Å². The molecule has 0 bridgehead atoms. The third kappa shape index (κ3) is 17.4. The molecule has 0 aromatic rings. The van der Waals surface area contributed by atoms with Gasteiger partial charge in [0.2, 0.25) is 29.5 Å². The van der Waals surface area contributed by atoms with Gasteiger partial charge in [0.1, 0.15) is 24.2 Å². The number of nitrogens with one attached hydrogen (secondary N) is 2. The summed E-state index contributed by atoms with van der Waals surface area (Å²) in [6, 6.07) is -5.00. The summed E-state index contributed by atoms with van der Waals surface area (Å²) in [5.74, 6) is -2.17. The van der Waals surface area contributed by atoms with Crippen LogP contribution in [0.5, 0.6) is 0 Å². The van der Waals surface area contributed by atoms with E-state index >= 15 is 0 Å². The molecule has 8 atom stereocenters. The molecule has 0 aliphatic rings. The van der Waals surface area contributed by atoms with Gasteiger partial charge in [0, 0.05) is 27.6 Å². The monoisotopic (exact) mass is 797 g/mol. The highest BCUT2D eigenvalue weighted by Gasteiger charge is 2.40. The lowest BCUT2D eigenvalue weighted by atomic mass is 9.95. The maximum Gasteiger partial charge on any atom is 0.246 e. The van der Waals surface area contributed by atoms with Crippen molar-refractivity contribution in [3.05, 3.63) is 73.9 Å². The molecular weight excluding hydrogens is 721 g/mol. The second-order valence-electron chi connectivity index (χ2n) is 16.2. The van der Waals surface area contributed by atoms with Crippen molar-refractivity contribution in [1.29, 1.82) is 0 Å². The SMILES string of the molecule is C=C/C=C\C=C\CC(C(=O)N(C)C(C(=O)NC(C)C(C)O)[C@@H](C)CC)N(C)C(=O)C(CC(C)C)NC(=O)C(C/C(C=C)=C/C=C)N(C)C(=O)C(CC(C)C)N(C)C. The van der Waals surface area contributed by atoms with Gasteiger partial charge < -0.3 is 30.4 Å². The van der Waals surface area contributed by atoms with Crippen molar-refractivity contribution < 1.29 is 29.1 Å². The number of rotatable bonds is 26. The molecule has 0 spiro atoms. The van der Waals surface area contributed by atoms with E-state index in [0.717, 1.165) is 0 Å². The van der Waals surface area contributed by atoms with Crippen LogP contribution in [0, 0.1) is 17.8 Å². The average molecular weight is 797 g/mol. The summed E-state index contributed by atoms with van der Waals surface area (Å²) in [5.41, 5.74) is 0.688. The van der Waals surface area contributed by atoms with Crippen molar-refractivity contribution in [1.82, 2.24) is 30.2 Å². The molecule has 12 heteroatoms. The van der Waals surface area contributed by atoms with Gasteiger partial charge in [0.25, 0.3) is 0 Å². The Bertz CT molecular complexity index is 1430. The second kappa shape index (κ2) is 26.6. The number of carbonyl (C=O) groups is 5. The minimum Gasteiger partial charge on any atom is -0.391 e. The second-order valence-corrected chi connectivity index (χ2v) is 16.2. The van der Waals surface area contributed by atoms with Crippen molar-refractivity contribution in [2.24, 2.45) is 17.8 Å². The Morgan fingerprint density at radius 2 is 1.23 bits per heavy atom. The molecule has 0 aromatic carbocycles. The number of likely N-dealkylation sites (N-methyl/N-ethyl adjacent to an activating group) is 4. The van der Waals surface area contributed by atoms with Crippen molar-refractivity contribution in [2.75, 3.05) is 35.2 Å². The molecule has 0 saturated carbocycles. The molecule has 0 rings (SSSR count). The van der Waals surface area contributed by atoms with Gasteiger partial charge in [-0.05, 0) is 70.5 Å². The number of nitrogens with zero attached hydrogens (tertiary/aromatic N) is 4. The first-order valence-electron chi connectivity index (χ1n) is 20.2. The average Bonchev–Trinajstić information content (AvgIpc) is 3.14. The fourth-order valence-electron chi connectivity index (χ4n) is 6.42. The Labute approximate surface area is 344 Å². The van der Waals surface area contributed by atoms with Crippen LogP contribution >= 0.6 is 0 Å². The fourth-order valence-corrected chi connectivity index (χ4v) is 6.42. The maximum atomic E-state index is 14.6. The van der Waals surface area contributed by atoms with Gasteiger partial charge in [-0.1, -0.05) is 116 Å². The number of hydrogen-bond donors (Lipinski definition) is 3. The van der Waals surface area contributed by atoms with Gasteiger partial charge >= 0.3 is 0 Å². The highest BCUT2D eigenvalue weighted by molar-refractivity contribution is 5.96. The summed E-state index contributed by atoms with van der Waals surface area (Å²) >= 11 is 0. The summed E-state index contributed by atoms with van der Waals surface area (Å²) in [7, 11) is 8.36. The number of aliphatic hydroxyl groups is 1. The summed E-state index contributed by atoms with van der Waals surface area (Å²) in [6.45, 7) is 26.4. The smallest absolute Gasteiger partial charge is 0.246 e. The standard InChI is InChI=1S/C45H76N6O6/c1-17-21-22-23-24-26-37(44(56)51(16)40(32(9)19-3)42(54)46-33(10)34(11)52)49(14)43(55)36(27-30(5)6)47-41(53)38(29-35(20-4)25-18-2)50(15)45(57)39(48(12)13)28-31(7)8/h17-18,20-25,30-34,36-40,52H,1-2,4,19,26-29H2,3,5-16H3,(H,46,54)(H,47,53)/b22-21-,24-23+,35-25+/t32-,33?,34?,36?,37?,38?,39?,40?/m0/s1. The summed E-state index contributed by atoms with van der Waals surface area (Å²) in [4.78, 5) is 77.2. The highest BCUT2D eigenvalue weighted by Crippen LogP contribution is 2.22. The summed E-state index contributed by atoms with van der Waals surface area (Å²) in [6.07, 6.45) is 14.4. The first-order valence-corrected chi connectivity index (χ1v) is 20.2. The molecule has 322 valence electrons. The van der Waals surface area contributed by atoms with E-state index in [9.17, 15) is 29.1 Å². The third-order valence-corrected chi connectivity index (χ3v) is 10.3. The molecule has 0 saturated heterocycles. The predicted octanol–water partition coefficient (Wildman–Crippen LogP) is 5.28. The van der Waals surface area contributed by atoms with Crippen LogP contribution in [-0.4, -0.2) is 132 Å². The van der Waals surface area contributed by atoms with Gasteiger partial charge in [0.05, 0.1) is 18.2 Å². The molecule has 0 radical (unpaired) electrons. The van der Waals surface area contributed by atoms with E-state index < -0.39 is 66.0 Å². The lowest BCUT2D eigenvalue weighted by Crippen LogP contribution is -2.60. The molecule has 3 N–H and O–H groups in total. The molecule has 12 nitrogen and oxygen atoms in total. The van der Waals surface area contributed by atoms with Crippen LogP contribution in [-0.2, 0) is 24.0 Å². The number of aliphatic hydroxyl groups excluding tert-OH is 1. The number of hydrogen-bond acceptors (Lipinski definition) is 7. The van der Waals surface area contributed by atoms with Crippen LogP contribution < -0.4 is 10.6 Å². The zero-order valence-electron chi connectivity index (χ0n) is 37.3. The summed E-state index contributed by atoms with van der Waals surface area (Å²) in [5, 5.41) is 15.9. The van der Waals surface area contributed by atoms with E-state index in [4.69, 9.17) is 0 Å². The summed E-state index contributed by atoms with van der Waals surface area (Å²) < 4.78 is 0. The van der Waals surface area contributed by atoms with E-state index in [0.29, 0.717) is 18.4 Å². The number of amides is 5. The number of carbonyl (C=O) groups excluding carboxylic acids is 5. The predicted molar refractivity (Wildman–Crippen MR) is 233 cm³/mol. The normalized spacial score (nSPS) is 16.3. The van der Waals surface area contributed by atoms with Crippen molar-refractivity contribution in [2.45, 2.75) is 130 Å². The Balaban J connectivity index is 7.13. The van der Waals surface area contributed by atoms with Crippen LogP contribution in [0.2, 0.25) is 0 Å². The molecule has 0 aliphatic carbocycles.